The number of alkyl halides is 3. The average molecular weight is 380 g/mol. The van der Waals surface area contributed by atoms with Gasteiger partial charge < -0.3 is 5.32 Å². The summed E-state index contributed by atoms with van der Waals surface area (Å²) in [4.78, 5) is 15.7. The zero-order chi connectivity index (χ0) is 15.6. The molecule has 110 valence electrons. The molecule has 2 rings (SSSR count). The SMILES string of the molecule is O=C(Nc1cc(Br)cc(C(F)(F)F)c1)c1ccnc(Cl)c1. The quantitative estimate of drug-likeness (QED) is 0.764. The van der Waals surface area contributed by atoms with Crippen molar-refractivity contribution in [2.24, 2.45) is 0 Å². The number of carbonyl (C=O) groups is 1. The van der Waals surface area contributed by atoms with Crippen molar-refractivity contribution in [3.05, 3.63) is 57.3 Å². The van der Waals surface area contributed by atoms with Gasteiger partial charge in [0.05, 0.1) is 5.56 Å². The number of amides is 1. The number of hydrogen-bond acceptors (Lipinski definition) is 2. The highest BCUT2D eigenvalue weighted by Gasteiger charge is 2.31. The van der Waals surface area contributed by atoms with E-state index in [2.05, 4.69) is 26.2 Å². The van der Waals surface area contributed by atoms with E-state index < -0.39 is 17.6 Å². The van der Waals surface area contributed by atoms with Crippen molar-refractivity contribution in [1.29, 1.82) is 0 Å². The Balaban J connectivity index is 2.27. The Morgan fingerprint density at radius 1 is 1.24 bits per heavy atom. The van der Waals surface area contributed by atoms with Crippen LogP contribution in [0.1, 0.15) is 15.9 Å². The van der Waals surface area contributed by atoms with Crippen molar-refractivity contribution in [2.75, 3.05) is 5.32 Å². The van der Waals surface area contributed by atoms with E-state index in [1.165, 1.54) is 24.4 Å². The molecule has 21 heavy (non-hydrogen) atoms. The number of hydrogen-bond donors (Lipinski definition) is 1. The third-order valence-electron chi connectivity index (χ3n) is 2.47. The van der Waals surface area contributed by atoms with Crippen molar-refractivity contribution < 1.29 is 18.0 Å². The van der Waals surface area contributed by atoms with Gasteiger partial charge in [-0.2, -0.15) is 13.2 Å². The molecular formula is C13H7BrClF3N2O. The van der Waals surface area contributed by atoms with E-state index in [4.69, 9.17) is 11.6 Å². The molecule has 0 bridgehead atoms. The Labute approximate surface area is 131 Å². The molecule has 0 radical (unpaired) electrons. The third kappa shape index (κ3) is 4.18. The molecule has 0 unspecified atom stereocenters. The molecule has 0 saturated heterocycles. The van der Waals surface area contributed by atoms with Gasteiger partial charge in [0.2, 0.25) is 0 Å². The molecule has 1 heterocycles. The lowest BCUT2D eigenvalue weighted by molar-refractivity contribution is -0.137. The molecule has 1 aromatic heterocycles. The molecular weight excluding hydrogens is 373 g/mol. The fourth-order valence-electron chi connectivity index (χ4n) is 1.57. The van der Waals surface area contributed by atoms with E-state index in [1.54, 1.807) is 0 Å². The summed E-state index contributed by atoms with van der Waals surface area (Å²) in [5.74, 6) is -0.578. The van der Waals surface area contributed by atoms with Crippen LogP contribution in [-0.4, -0.2) is 10.9 Å². The van der Waals surface area contributed by atoms with Crippen molar-refractivity contribution >= 4 is 39.1 Å². The molecule has 0 spiro atoms. The summed E-state index contributed by atoms with van der Waals surface area (Å²) >= 11 is 8.64. The van der Waals surface area contributed by atoms with Crippen LogP contribution in [0.4, 0.5) is 18.9 Å². The minimum atomic E-state index is -4.50. The molecule has 3 nitrogen and oxygen atoms in total. The Morgan fingerprint density at radius 2 is 1.95 bits per heavy atom. The van der Waals surface area contributed by atoms with Crippen LogP contribution in [0.2, 0.25) is 5.15 Å². The van der Waals surface area contributed by atoms with Crippen LogP contribution in [-0.2, 0) is 6.18 Å². The third-order valence-corrected chi connectivity index (χ3v) is 3.14. The Kier molecular flexibility index (Phi) is 4.53. The van der Waals surface area contributed by atoms with Crippen LogP contribution in [0.3, 0.4) is 0 Å². The second-order valence-electron chi connectivity index (χ2n) is 4.05. The van der Waals surface area contributed by atoms with Gasteiger partial charge >= 0.3 is 6.18 Å². The first-order valence-corrected chi connectivity index (χ1v) is 6.73. The van der Waals surface area contributed by atoms with E-state index in [-0.39, 0.29) is 20.9 Å². The first-order valence-electron chi connectivity index (χ1n) is 5.56. The van der Waals surface area contributed by atoms with Crippen molar-refractivity contribution in [2.45, 2.75) is 6.18 Å². The average Bonchev–Trinajstić information content (AvgIpc) is 2.37. The zero-order valence-corrected chi connectivity index (χ0v) is 12.6. The standard InChI is InChI=1S/C13H7BrClF3N2O/c14-9-4-8(13(16,17)18)5-10(6-9)20-12(21)7-1-2-19-11(15)3-7/h1-6H,(H,20,21). The number of benzene rings is 1. The summed E-state index contributed by atoms with van der Waals surface area (Å²) in [6, 6.07) is 5.88. The predicted molar refractivity (Wildman–Crippen MR) is 76.3 cm³/mol. The number of nitrogens with one attached hydrogen (secondary N) is 1. The Hall–Kier alpha value is -1.60. The maximum absolute atomic E-state index is 12.7. The van der Waals surface area contributed by atoms with E-state index in [9.17, 15) is 18.0 Å². The maximum atomic E-state index is 12.7. The molecule has 1 amide bonds. The zero-order valence-electron chi connectivity index (χ0n) is 10.2. The number of anilines is 1. The molecule has 0 saturated carbocycles. The van der Waals surface area contributed by atoms with Crippen LogP contribution < -0.4 is 5.32 Å². The van der Waals surface area contributed by atoms with Gasteiger partial charge in [0.25, 0.3) is 5.91 Å². The molecule has 8 heteroatoms. The fourth-order valence-corrected chi connectivity index (χ4v) is 2.24. The highest BCUT2D eigenvalue weighted by Crippen LogP contribution is 2.33. The number of nitrogens with zero attached hydrogens (tertiary/aromatic N) is 1. The topological polar surface area (TPSA) is 42.0 Å². The van der Waals surface area contributed by atoms with Crippen LogP contribution in [0.15, 0.2) is 41.0 Å². The van der Waals surface area contributed by atoms with Gasteiger partial charge in [-0.3, -0.25) is 4.79 Å². The highest BCUT2D eigenvalue weighted by molar-refractivity contribution is 9.10. The van der Waals surface area contributed by atoms with Gasteiger partial charge in [-0.1, -0.05) is 27.5 Å². The van der Waals surface area contributed by atoms with Crippen molar-refractivity contribution in [3.8, 4) is 0 Å². The largest absolute Gasteiger partial charge is 0.416 e. The second-order valence-corrected chi connectivity index (χ2v) is 5.35. The predicted octanol–water partition coefficient (Wildman–Crippen LogP) is 4.77. The minimum Gasteiger partial charge on any atom is -0.322 e. The maximum Gasteiger partial charge on any atom is 0.416 e. The number of halogens is 5. The smallest absolute Gasteiger partial charge is 0.322 e. The summed E-state index contributed by atoms with van der Waals surface area (Å²) < 4.78 is 38.3. The number of rotatable bonds is 2. The first kappa shape index (κ1) is 15.8. The van der Waals surface area contributed by atoms with Crippen LogP contribution in [0.5, 0.6) is 0 Å². The Morgan fingerprint density at radius 3 is 2.57 bits per heavy atom. The first-order chi connectivity index (χ1) is 9.75. The van der Waals surface area contributed by atoms with Gasteiger partial charge in [0.1, 0.15) is 5.15 Å². The molecule has 0 aliphatic rings. The summed E-state index contributed by atoms with van der Waals surface area (Å²) in [7, 11) is 0. The monoisotopic (exact) mass is 378 g/mol. The lowest BCUT2D eigenvalue weighted by Gasteiger charge is -2.11. The minimum absolute atomic E-state index is 0.0228. The van der Waals surface area contributed by atoms with Gasteiger partial charge in [0, 0.05) is 21.9 Å². The van der Waals surface area contributed by atoms with E-state index in [0.29, 0.717) is 0 Å². The lowest BCUT2D eigenvalue weighted by Crippen LogP contribution is -2.13. The summed E-state index contributed by atoms with van der Waals surface area (Å²) in [5, 5.41) is 2.50. The van der Waals surface area contributed by atoms with E-state index in [1.807, 2.05) is 0 Å². The van der Waals surface area contributed by atoms with E-state index >= 15 is 0 Å². The van der Waals surface area contributed by atoms with Gasteiger partial charge in [-0.25, -0.2) is 4.98 Å². The number of aromatic nitrogens is 1. The van der Waals surface area contributed by atoms with Gasteiger partial charge in [0.15, 0.2) is 0 Å². The number of pyridine rings is 1. The molecule has 0 aliphatic heterocycles. The summed E-state index contributed by atoms with van der Waals surface area (Å²) in [6.07, 6.45) is -3.16. The molecule has 2 aromatic rings. The van der Waals surface area contributed by atoms with Gasteiger partial charge in [-0.15, -0.1) is 0 Å². The normalized spacial score (nSPS) is 11.3. The summed E-state index contributed by atoms with van der Waals surface area (Å²) in [6.45, 7) is 0. The molecule has 0 atom stereocenters. The molecule has 0 fully saturated rings. The molecule has 0 aliphatic carbocycles. The summed E-state index contributed by atoms with van der Waals surface area (Å²) in [5.41, 5.74) is -0.641. The van der Waals surface area contributed by atoms with Gasteiger partial charge in [-0.05, 0) is 30.3 Å². The van der Waals surface area contributed by atoms with E-state index in [0.717, 1.165) is 12.1 Å². The fraction of sp³-hybridized carbons (Fsp3) is 0.0769. The lowest BCUT2D eigenvalue weighted by atomic mass is 10.2. The number of carbonyl (C=O) groups excluding carboxylic acids is 1. The van der Waals surface area contributed by atoms with Crippen LogP contribution >= 0.6 is 27.5 Å². The van der Waals surface area contributed by atoms with Crippen molar-refractivity contribution in [3.63, 3.8) is 0 Å². The highest BCUT2D eigenvalue weighted by atomic mass is 79.9. The molecule has 1 N–H and O–H groups in total. The van der Waals surface area contributed by atoms with Crippen molar-refractivity contribution in [1.82, 2.24) is 4.98 Å². The van der Waals surface area contributed by atoms with Crippen LogP contribution in [0, 0.1) is 0 Å². The molecule has 1 aromatic carbocycles. The van der Waals surface area contributed by atoms with Crippen LogP contribution in [0.25, 0.3) is 0 Å². The Bertz CT molecular complexity index is 691. The second kappa shape index (κ2) is 6.03.